The number of halogens is 1. The lowest BCUT2D eigenvalue weighted by molar-refractivity contribution is 0.102. The van der Waals surface area contributed by atoms with Crippen LogP contribution in [0.25, 0.3) is 0 Å². The van der Waals surface area contributed by atoms with E-state index >= 15 is 0 Å². The number of carbonyl (C=O) groups is 1. The van der Waals surface area contributed by atoms with Gasteiger partial charge in [0.2, 0.25) is 0 Å². The molecule has 0 aliphatic rings. The maximum absolute atomic E-state index is 13.3. The summed E-state index contributed by atoms with van der Waals surface area (Å²) < 4.78 is 13.3. The smallest absolute Gasteiger partial charge is 0.255 e. The molecule has 80 valence electrons. The molecule has 2 aromatic rings. The fourth-order valence-corrected chi connectivity index (χ4v) is 1.35. The number of anilines is 1. The number of hydrogen-bond acceptors (Lipinski definition) is 1. The minimum absolute atomic E-state index is 0.191. The quantitative estimate of drug-likeness (QED) is 0.819. The molecule has 2 rings (SSSR count). The number of para-hydroxylation sites is 1. The van der Waals surface area contributed by atoms with Gasteiger partial charge in [-0.25, -0.2) is 4.39 Å². The van der Waals surface area contributed by atoms with Crippen molar-refractivity contribution >= 4 is 11.6 Å². The summed E-state index contributed by atoms with van der Waals surface area (Å²) in [6, 6.07) is 14.8. The van der Waals surface area contributed by atoms with Crippen LogP contribution >= 0.6 is 0 Å². The molecule has 3 heteroatoms. The monoisotopic (exact) mass is 215 g/mol. The van der Waals surface area contributed by atoms with Crippen molar-refractivity contribution in [3.05, 3.63) is 66.0 Å². The summed E-state index contributed by atoms with van der Waals surface area (Å²) >= 11 is 0. The standard InChI is InChI=1S/C13H10FNO/c14-11-8-4-5-9-12(11)15-13(16)10-6-2-1-3-7-10/h1-9H,(H,15,16). The van der Waals surface area contributed by atoms with Crippen molar-refractivity contribution in [3.8, 4) is 0 Å². The molecule has 0 heterocycles. The van der Waals surface area contributed by atoms with Gasteiger partial charge in [0.1, 0.15) is 5.82 Å². The average molecular weight is 215 g/mol. The van der Waals surface area contributed by atoms with Crippen LogP contribution in [0.2, 0.25) is 0 Å². The molecule has 0 unspecified atom stereocenters. The molecule has 0 radical (unpaired) electrons. The van der Waals surface area contributed by atoms with E-state index in [4.69, 9.17) is 0 Å². The van der Waals surface area contributed by atoms with E-state index in [0.717, 1.165) is 0 Å². The summed E-state index contributed by atoms with van der Waals surface area (Å²) in [5.41, 5.74) is 0.696. The Morgan fingerprint density at radius 2 is 1.56 bits per heavy atom. The largest absolute Gasteiger partial charge is 0.319 e. The molecule has 2 nitrogen and oxygen atoms in total. The van der Waals surface area contributed by atoms with Gasteiger partial charge in [-0.1, -0.05) is 30.3 Å². The Morgan fingerprint density at radius 3 is 2.25 bits per heavy atom. The summed E-state index contributed by atoms with van der Waals surface area (Å²) in [7, 11) is 0. The lowest BCUT2D eigenvalue weighted by Gasteiger charge is -2.05. The molecular weight excluding hydrogens is 205 g/mol. The SMILES string of the molecule is O=C(Nc1ccccc1F)c1ccccc1. The van der Waals surface area contributed by atoms with Crippen LogP contribution in [-0.4, -0.2) is 5.91 Å². The molecule has 0 atom stereocenters. The number of hydrogen-bond donors (Lipinski definition) is 1. The molecule has 2 aromatic carbocycles. The molecule has 0 aromatic heterocycles. The van der Waals surface area contributed by atoms with Gasteiger partial charge in [0.25, 0.3) is 5.91 Å². The van der Waals surface area contributed by atoms with Gasteiger partial charge in [0, 0.05) is 5.56 Å². The summed E-state index contributed by atoms with van der Waals surface area (Å²) in [6.07, 6.45) is 0. The second kappa shape index (κ2) is 4.57. The third kappa shape index (κ3) is 2.25. The van der Waals surface area contributed by atoms with Crippen molar-refractivity contribution in [2.45, 2.75) is 0 Å². The second-order valence-corrected chi connectivity index (χ2v) is 3.30. The van der Waals surface area contributed by atoms with Crippen LogP contribution in [0.3, 0.4) is 0 Å². The van der Waals surface area contributed by atoms with Gasteiger partial charge >= 0.3 is 0 Å². The van der Waals surface area contributed by atoms with Crippen molar-refractivity contribution in [3.63, 3.8) is 0 Å². The Balaban J connectivity index is 2.18. The highest BCUT2D eigenvalue weighted by atomic mass is 19.1. The van der Waals surface area contributed by atoms with Gasteiger partial charge in [-0.2, -0.15) is 0 Å². The van der Waals surface area contributed by atoms with Gasteiger partial charge in [-0.15, -0.1) is 0 Å². The maximum Gasteiger partial charge on any atom is 0.255 e. The van der Waals surface area contributed by atoms with Crippen LogP contribution in [0.5, 0.6) is 0 Å². The number of nitrogens with one attached hydrogen (secondary N) is 1. The number of rotatable bonds is 2. The number of benzene rings is 2. The zero-order chi connectivity index (χ0) is 11.4. The Morgan fingerprint density at radius 1 is 0.938 bits per heavy atom. The average Bonchev–Trinajstić information content (AvgIpc) is 2.33. The molecule has 0 aliphatic carbocycles. The van der Waals surface area contributed by atoms with E-state index in [9.17, 15) is 9.18 Å². The van der Waals surface area contributed by atoms with Crippen molar-refractivity contribution in [1.82, 2.24) is 0 Å². The highest BCUT2D eigenvalue weighted by molar-refractivity contribution is 6.04. The van der Waals surface area contributed by atoms with E-state index in [2.05, 4.69) is 5.32 Å². The zero-order valence-corrected chi connectivity index (χ0v) is 8.48. The Bertz CT molecular complexity index is 496. The van der Waals surface area contributed by atoms with Gasteiger partial charge in [-0.05, 0) is 24.3 Å². The molecule has 0 fully saturated rings. The Kier molecular flexibility index (Phi) is 2.96. The van der Waals surface area contributed by atoms with Crippen molar-refractivity contribution in [2.75, 3.05) is 5.32 Å². The Labute approximate surface area is 92.7 Å². The van der Waals surface area contributed by atoms with Crippen LogP contribution in [0.4, 0.5) is 10.1 Å². The fraction of sp³-hybridized carbons (Fsp3) is 0. The van der Waals surface area contributed by atoms with Crippen LogP contribution in [0, 0.1) is 5.82 Å². The fourth-order valence-electron chi connectivity index (χ4n) is 1.35. The van der Waals surface area contributed by atoms with E-state index in [1.165, 1.54) is 12.1 Å². The summed E-state index contributed by atoms with van der Waals surface area (Å²) in [5, 5.41) is 2.51. The first-order chi connectivity index (χ1) is 7.77. The third-order valence-electron chi connectivity index (χ3n) is 2.16. The van der Waals surface area contributed by atoms with Crippen molar-refractivity contribution in [2.24, 2.45) is 0 Å². The van der Waals surface area contributed by atoms with E-state index in [1.807, 2.05) is 6.07 Å². The van der Waals surface area contributed by atoms with Gasteiger partial charge in [-0.3, -0.25) is 4.79 Å². The van der Waals surface area contributed by atoms with Crippen LogP contribution < -0.4 is 5.32 Å². The maximum atomic E-state index is 13.3. The Hall–Kier alpha value is -2.16. The first kappa shape index (κ1) is 10.4. The molecule has 16 heavy (non-hydrogen) atoms. The molecule has 0 bridgehead atoms. The molecule has 0 saturated heterocycles. The summed E-state index contributed by atoms with van der Waals surface area (Å²) in [4.78, 5) is 11.7. The zero-order valence-electron chi connectivity index (χ0n) is 8.48. The van der Waals surface area contributed by atoms with Crippen LogP contribution in [-0.2, 0) is 0 Å². The predicted octanol–water partition coefficient (Wildman–Crippen LogP) is 3.08. The first-order valence-corrected chi connectivity index (χ1v) is 4.88. The van der Waals surface area contributed by atoms with Gasteiger partial charge in [0.15, 0.2) is 0 Å². The molecule has 0 saturated carbocycles. The highest BCUT2D eigenvalue weighted by Gasteiger charge is 2.07. The lowest BCUT2D eigenvalue weighted by Crippen LogP contribution is -2.12. The molecular formula is C13H10FNO. The van der Waals surface area contributed by atoms with Crippen LogP contribution in [0.1, 0.15) is 10.4 Å². The topological polar surface area (TPSA) is 29.1 Å². The molecule has 0 aliphatic heterocycles. The minimum Gasteiger partial charge on any atom is -0.319 e. The molecule has 0 spiro atoms. The number of carbonyl (C=O) groups excluding carboxylic acids is 1. The lowest BCUT2D eigenvalue weighted by atomic mass is 10.2. The third-order valence-corrected chi connectivity index (χ3v) is 2.16. The number of amides is 1. The predicted molar refractivity (Wildman–Crippen MR) is 60.8 cm³/mol. The first-order valence-electron chi connectivity index (χ1n) is 4.88. The van der Waals surface area contributed by atoms with E-state index in [-0.39, 0.29) is 11.6 Å². The second-order valence-electron chi connectivity index (χ2n) is 3.30. The van der Waals surface area contributed by atoms with E-state index < -0.39 is 5.82 Å². The van der Waals surface area contributed by atoms with Crippen LogP contribution in [0.15, 0.2) is 54.6 Å². The normalized spacial score (nSPS) is 9.81. The minimum atomic E-state index is -0.438. The van der Waals surface area contributed by atoms with Gasteiger partial charge < -0.3 is 5.32 Å². The highest BCUT2D eigenvalue weighted by Crippen LogP contribution is 2.13. The van der Waals surface area contributed by atoms with Crippen molar-refractivity contribution in [1.29, 1.82) is 0 Å². The molecule has 1 amide bonds. The summed E-state index contributed by atoms with van der Waals surface area (Å²) in [6.45, 7) is 0. The van der Waals surface area contributed by atoms with E-state index in [1.54, 1.807) is 36.4 Å². The summed E-state index contributed by atoms with van der Waals surface area (Å²) in [5.74, 6) is -0.752. The molecule has 1 N–H and O–H groups in total. The van der Waals surface area contributed by atoms with Crippen molar-refractivity contribution < 1.29 is 9.18 Å². The van der Waals surface area contributed by atoms with E-state index in [0.29, 0.717) is 5.56 Å². The van der Waals surface area contributed by atoms with Gasteiger partial charge in [0.05, 0.1) is 5.69 Å².